The lowest BCUT2D eigenvalue weighted by molar-refractivity contribution is 0.947. The monoisotopic (exact) mass is 267 g/mol. The first-order valence-electron chi connectivity index (χ1n) is 5.17. The first kappa shape index (κ1) is 12.1. The molecule has 88 valence electrons. The van der Waals surface area contributed by atoms with E-state index in [9.17, 15) is 0 Å². The molecule has 1 N–H and O–H groups in total. The molecule has 1 aromatic rings. The minimum atomic E-state index is 0.370. The Hall–Kier alpha value is -1.37. The Kier molecular flexibility index (Phi) is 3.78. The number of hydrogen-bond acceptors (Lipinski definition) is 3. The van der Waals surface area contributed by atoms with Crippen LogP contribution in [0.4, 0.5) is 5.69 Å². The van der Waals surface area contributed by atoms with Crippen LogP contribution in [0.5, 0.6) is 0 Å². The van der Waals surface area contributed by atoms with Crippen molar-refractivity contribution in [3.05, 3.63) is 28.2 Å². The van der Waals surface area contributed by atoms with Gasteiger partial charge in [0.05, 0.1) is 28.8 Å². The molecule has 3 nitrogen and oxygen atoms in total. The van der Waals surface area contributed by atoms with Crippen molar-refractivity contribution in [3.8, 4) is 12.3 Å². The maximum absolute atomic E-state index is 6.16. The van der Waals surface area contributed by atoms with Crippen LogP contribution >= 0.6 is 23.2 Å². The average molecular weight is 268 g/mol. The van der Waals surface area contributed by atoms with E-state index in [1.54, 1.807) is 18.2 Å². The van der Waals surface area contributed by atoms with Crippen molar-refractivity contribution >= 4 is 34.8 Å². The molecule has 1 aliphatic heterocycles. The number of anilines is 1. The molecular weight excluding hydrogens is 257 g/mol. The summed E-state index contributed by atoms with van der Waals surface area (Å²) in [5, 5.41) is 4.28. The summed E-state index contributed by atoms with van der Waals surface area (Å²) in [7, 11) is 0. The van der Waals surface area contributed by atoms with E-state index < -0.39 is 0 Å². The largest absolute Gasteiger partial charge is 0.354 e. The van der Waals surface area contributed by atoms with Gasteiger partial charge in [0.25, 0.3) is 0 Å². The normalized spacial score (nSPS) is 13.8. The fourth-order valence-corrected chi connectivity index (χ4v) is 2.27. The highest BCUT2D eigenvalue weighted by Crippen LogP contribution is 2.33. The molecule has 0 bridgehead atoms. The Labute approximate surface area is 110 Å². The number of aliphatic imine (C=N–C) groups is 1. The minimum absolute atomic E-state index is 0.370. The number of para-hydroxylation sites is 1. The number of nitrogens with zero attached hydrogens (tertiary/aromatic N) is 2. The van der Waals surface area contributed by atoms with Crippen molar-refractivity contribution in [1.29, 1.82) is 0 Å². The number of hydrogen-bond donors (Lipinski definition) is 1. The van der Waals surface area contributed by atoms with E-state index in [2.05, 4.69) is 16.2 Å². The molecule has 2 rings (SSSR count). The van der Waals surface area contributed by atoms with Gasteiger partial charge in [0, 0.05) is 6.54 Å². The van der Waals surface area contributed by atoms with Crippen LogP contribution in [0.3, 0.4) is 0 Å². The lowest BCUT2D eigenvalue weighted by Crippen LogP contribution is -2.39. The molecule has 0 saturated carbocycles. The number of terminal acetylenes is 1. The van der Waals surface area contributed by atoms with Crippen LogP contribution in [0.15, 0.2) is 23.2 Å². The highest BCUT2D eigenvalue weighted by Gasteiger charge is 2.20. The van der Waals surface area contributed by atoms with Crippen molar-refractivity contribution < 1.29 is 0 Å². The molecule has 1 heterocycles. The van der Waals surface area contributed by atoms with E-state index in [4.69, 9.17) is 29.6 Å². The predicted octanol–water partition coefficient (Wildman–Crippen LogP) is 2.39. The number of guanidine groups is 1. The van der Waals surface area contributed by atoms with Gasteiger partial charge >= 0.3 is 0 Å². The molecule has 0 atom stereocenters. The van der Waals surface area contributed by atoms with E-state index in [1.165, 1.54) is 0 Å². The van der Waals surface area contributed by atoms with Crippen LogP contribution in [0.25, 0.3) is 0 Å². The fraction of sp³-hybridized carbons (Fsp3) is 0.250. The lowest BCUT2D eigenvalue weighted by atomic mass is 10.3. The molecule has 0 spiro atoms. The van der Waals surface area contributed by atoms with E-state index in [0.717, 1.165) is 19.0 Å². The summed E-state index contributed by atoms with van der Waals surface area (Å²) in [5.41, 5.74) is 0.696. The summed E-state index contributed by atoms with van der Waals surface area (Å²) >= 11 is 12.3. The summed E-state index contributed by atoms with van der Waals surface area (Å²) < 4.78 is 0. The highest BCUT2D eigenvalue weighted by molar-refractivity contribution is 6.40. The number of halogens is 2. The zero-order valence-electron chi connectivity index (χ0n) is 9.08. The molecule has 0 amide bonds. The third-order valence-corrected chi connectivity index (χ3v) is 2.98. The van der Waals surface area contributed by atoms with Gasteiger partial charge in [0.1, 0.15) is 0 Å². The van der Waals surface area contributed by atoms with Crippen LogP contribution in [0.2, 0.25) is 10.0 Å². The zero-order valence-corrected chi connectivity index (χ0v) is 10.6. The van der Waals surface area contributed by atoms with Crippen molar-refractivity contribution in [1.82, 2.24) is 5.32 Å². The lowest BCUT2D eigenvalue weighted by Gasteiger charge is -2.24. The molecular formula is C12H11Cl2N3. The van der Waals surface area contributed by atoms with Crippen LogP contribution < -0.4 is 10.2 Å². The smallest absolute Gasteiger partial charge is 0.199 e. The molecule has 1 aliphatic rings. The summed E-state index contributed by atoms with van der Waals surface area (Å²) in [4.78, 5) is 6.15. The number of nitrogens with one attached hydrogen (secondary N) is 1. The van der Waals surface area contributed by atoms with Crippen LogP contribution in [-0.4, -0.2) is 25.6 Å². The minimum Gasteiger partial charge on any atom is -0.354 e. The number of benzene rings is 1. The molecule has 5 heteroatoms. The van der Waals surface area contributed by atoms with Gasteiger partial charge in [0.15, 0.2) is 5.96 Å². The third-order valence-electron chi connectivity index (χ3n) is 2.37. The Morgan fingerprint density at radius 3 is 2.65 bits per heavy atom. The van der Waals surface area contributed by atoms with Crippen molar-refractivity contribution in [2.24, 2.45) is 4.99 Å². The second kappa shape index (κ2) is 5.31. The van der Waals surface area contributed by atoms with Crippen LogP contribution in [-0.2, 0) is 0 Å². The molecule has 1 aromatic carbocycles. The topological polar surface area (TPSA) is 27.6 Å². The highest BCUT2D eigenvalue weighted by atomic mass is 35.5. The maximum Gasteiger partial charge on any atom is 0.199 e. The Morgan fingerprint density at radius 1 is 1.41 bits per heavy atom. The molecule has 0 saturated heterocycles. The Balaban J connectivity index is 2.42. The summed E-state index contributed by atoms with van der Waals surface area (Å²) in [5.74, 6) is 3.31. The van der Waals surface area contributed by atoms with Crippen molar-refractivity contribution in [2.75, 3.05) is 24.5 Å². The Morgan fingerprint density at radius 2 is 2.12 bits per heavy atom. The molecule has 17 heavy (non-hydrogen) atoms. The molecule has 0 fully saturated rings. The third kappa shape index (κ3) is 2.49. The van der Waals surface area contributed by atoms with E-state index >= 15 is 0 Å². The van der Waals surface area contributed by atoms with E-state index in [-0.39, 0.29) is 0 Å². The molecule has 0 aromatic heterocycles. The van der Waals surface area contributed by atoms with Crippen molar-refractivity contribution in [2.45, 2.75) is 0 Å². The fourth-order valence-electron chi connectivity index (χ4n) is 1.66. The maximum atomic E-state index is 6.16. The van der Waals surface area contributed by atoms with Gasteiger partial charge in [-0.25, -0.2) is 0 Å². The van der Waals surface area contributed by atoms with Gasteiger partial charge in [-0.1, -0.05) is 35.2 Å². The van der Waals surface area contributed by atoms with E-state index in [0.29, 0.717) is 22.3 Å². The SMILES string of the molecule is C#CCN(C1=NCCN1)c1c(Cl)cccc1Cl. The van der Waals surface area contributed by atoms with Gasteiger partial charge in [0.2, 0.25) is 0 Å². The second-order valence-electron chi connectivity index (χ2n) is 3.49. The van der Waals surface area contributed by atoms with E-state index in [1.807, 2.05) is 4.90 Å². The van der Waals surface area contributed by atoms with Gasteiger partial charge in [-0.2, -0.15) is 0 Å². The summed E-state index contributed by atoms with van der Waals surface area (Å²) in [6.45, 7) is 1.91. The quantitative estimate of drug-likeness (QED) is 0.834. The van der Waals surface area contributed by atoms with Crippen LogP contribution in [0.1, 0.15) is 0 Å². The first-order chi connectivity index (χ1) is 8.24. The molecule has 0 radical (unpaired) electrons. The Bertz CT molecular complexity index is 471. The van der Waals surface area contributed by atoms with Gasteiger partial charge in [-0.05, 0) is 12.1 Å². The predicted molar refractivity (Wildman–Crippen MR) is 72.9 cm³/mol. The average Bonchev–Trinajstić information content (AvgIpc) is 2.80. The summed E-state index contributed by atoms with van der Waals surface area (Å²) in [6.07, 6.45) is 5.37. The summed E-state index contributed by atoms with van der Waals surface area (Å²) in [6, 6.07) is 5.36. The standard InChI is InChI=1S/C12H11Cl2N3/c1-2-8-17(12-15-6-7-16-12)11-9(13)4-3-5-10(11)14/h1,3-5H,6-8H2,(H,15,16). The van der Waals surface area contributed by atoms with Crippen LogP contribution in [0, 0.1) is 12.3 Å². The molecule has 0 aliphatic carbocycles. The van der Waals surface area contributed by atoms with Gasteiger partial charge in [-0.15, -0.1) is 6.42 Å². The zero-order chi connectivity index (χ0) is 12.3. The molecule has 0 unspecified atom stereocenters. The number of rotatable bonds is 2. The van der Waals surface area contributed by atoms with Crippen molar-refractivity contribution in [3.63, 3.8) is 0 Å². The van der Waals surface area contributed by atoms with Gasteiger partial charge < -0.3 is 5.32 Å². The second-order valence-corrected chi connectivity index (χ2v) is 4.31. The first-order valence-corrected chi connectivity index (χ1v) is 5.93. The van der Waals surface area contributed by atoms with Gasteiger partial charge in [-0.3, -0.25) is 9.89 Å².